The summed E-state index contributed by atoms with van der Waals surface area (Å²) in [4.78, 5) is 1.23. The molecule has 0 fully saturated rings. The molecule has 2 N–H and O–H groups in total. The molecule has 0 unspecified atom stereocenters. The van der Waals surface area contributed by atoms with Gasteiger partial charge in [-0.1, -0.05) is 6.07 Å². The van der Waals surface area contributed by atoms with Gasteiger partial charge in [0.05, 0.1) is 0 Å². The number of rotatable bonds is 5. The molecule has 0 aliphatic heterocycles. The van der Waals surface area contributed by atoms with Gasteiger partial charge in [0.2, 0.25) is 0 Å². The van der Waals surface area contributed by atoms with E-state index in [9.17, 15) is 0 Å². The number of nitrogens with two attached hydrogens (primary N) is 1. The van der Waals surface area contributed by atoms with Crippen LogP contribution in [0.25, 0.3) is 0 Å². The molecule has 1 aromatic rings. The minimum Gasteiger partial charge on any atom is -0.398 e. The van der Waals surface area contributed by atoms with E-state index in [1.54, 1.807) is 0 Å². The fraction of sp³-hybridized carbons (Fsp3) is 0.455. The molecule has 78 valence electrons. The fourth-order valence-corrected chi connectivity index (χ4v) is 2.78. The Labute approximate surface area is 94.8 Å². The first-order valence-electron chi connectivity index (χ1n) is 4.72. The predicted molar refractivity (Wildman–Crippen MR) is 69.3 cm³/mol. The molecule has 0 saturated heterocycles. The van der Waals surface area contributed by atoms with E-state index in [2.05, 4.69) is 25.3 Å². The van der Waals surface area contributed by atoms with Crippen LogP contribution in [0.15, 0.2) is 23.1 Å². The van der Waals surface area contributed by atoms with Crippen LogP contribution in [-0.4, -0.2) is 17.8 Å². The molecule has 0 saturated carbocycles. The van der Waals surface area contributed by atoms with E-state index in [4.69, 9.17) is 5.73 Å². The minimum atomic E-state index is 0.907. The van der Waals surface area contributed by atoms with Crippen molar-refractivity contribution < 1.29 is 0 Å². The molecular formula is C11H17NS2. The number of anilines is 1. The second-order valence-electron chi connectivity index (χ2n) is 3.24. The molecule has 0 aromatic heterocycles. The van der Waals surface area contributed by atoms with Crippen molar-refractivity contribution in [2.24, 2.45) is 0 Å². The number of aryl methyl sites for hydroxylation is 1. The molecule has 1 nitrogen and oxygen atoms in total. The Morgan fingerprint density at radius 3 is 2.79 bits per heavy atom. The zero-order valence-corrected chi connectivity index (χ0v) is 10.4. The Morgan fingerprint density at radius 1 is 1.29 bits per heavy atom. The van der Waals surface area contributed by atoms with Gasteiger partial charge in [-0.3, -0.25) is 0 Å². The van der Waals surface area contributed by atoms with Crippen LogP contribution in [0, 0.1) is 6.92 Å². The summed E-state index contributed by atoms with van der Waals surface area (Å²) in [7, 11) is 0. The first-order valence-corrected chi connectivity index (χ1v) is 7.10. The van der Waals surface area contributed by atoms with Crippen LogP contribution in [0.4, 0.5) is 5.69 Å². The summed E-state index contributed by atoms with van der Waals surface area (Å²) in [5.74, 6) is 2.40. The third-order valence-corrected chi connectivity index (χ3v) is 3.77. The highest BCUT2D eigenvalue weighted by molar-refractivity contribution is 8.00. The maximum absolute atomic E-state index is 5.88. The zero-order valence-electron chi connectivity index (χ0n) is 8.75. The number of hydrogen-bond acceptors (Lipinski definition) is 3. The normalized spacial score (nSPS) is 10.4. The van der Waals surface area contributed by atoms with Crippen molar-refractivity contribution in [1.82, 2.24) is 0 Å². The van der Waals surface area contributed by atoms with Gasteiger partial charge >= 0.3 is 0 Å². The van der Waals surface area contributed by atoms with E-state index in [1.165, 1.54) is 22.6 Å². The fourth-order valence-electron chi connectivity index (χ4n) is 1.15. The van der Waals surface area contributed by atoms with Crippen molar-refractivity contribution in [1.29, 1.82) is 0 Å². The Balaban J connectivity index is 2.45. The number of benzene rings is 1. The Bertz CT molecular complexity index is 287. The molecule has 0 aliphatic carbocycles. The number of hydrogen-bond donors (Lipinski definition) is 1. The smallest absolute Gasteiger partial charge is 0.0452 e. The van der Waals surface area contributed by atoms with Crippen LogP contribution in [-0.2, 0) is 0 Å². The molecule has 1 rings (SSSR count). The van der Waals surface area contributed by atoms with Gasteiger partial charge in [-0.25, -0.2) is 0 Å². The Hall–Kier alpha value is -0.280. The van der Waals surface area contributed by atoms with Crippen LogP contribution < -0.4 is 5.73 Å². The maximum atomic E-state index is 5.88. The van der Waals surface area contributed by atoms with E-state index in [-0.39, 0.29) is 0 Å². The van der Waals surface area contributed by atoms with Crippen molar-refractivity contribution in [2.45, 2.75) is 18.2 Å². The van der Waals surface area contributed by atoms with Gasteiger partial charge in [-0.15, -0.1) is 11.8 Å². The zero-order chi connectivity index (χ0) is 10.4. The van der Waals surface area contributed by atoms with Gasteiger partial charge < -0.3 is 5.73 Å². The molecule has 1 aromatic carbocycles. The Kier molecular flexibility index (Phi) is 5.26. The third kappa shape index (κ3) is 3.84. The van der Waals surface area contributed by atoms with Crippen molar-refractivity contribution >= 4 is 29.2 Å². The number of thioether (sulfide) groups is 2. The highest BCUT2D eigenvalue weighted by Gasteiger charge is 1.99. The van der Waals surface area contributed by atoms with Gasteiger partial charge in [0.25, 0.3) is 0 Å². The molecule has 0 heterocycles. The summed E-state index contributed by atoms with van der Waals surface area (Å²) in [5, 5.41) is 0. The van der Waals surface area contributed by atoms with Crippen molar-refractivity contribution in [2.75, 3.05) is 23.5 Å². The van der Waals surface area contributed by atoms with Gasteiger partial charge in [-0.2, -0.15) is 11.8 Å². The van der Waals surface area contributed by atoms with Gasteiger partial charge in [0, 0.05) is 10.6 Å². The lowest BCUT2D eigenvalue weighted by atomic mass is 10.2. The first kappa shape index (κ1) is 11.8. The van der Waals surface area contributed by atoms with Crippen LogP contribution >= 0.6 is 23.5 Å². The summed E-state index contributed by atoms with van der Waals surface area (Å²) in [6.45, 7) is 2.10. The van der Waals surface area contributed by atoms with Crippen LogP contribution in [0.2, 0.25) is 0 Å². The summed E-state index contributed by atoms with van der Waals surface area (Å²) in [5.41, 5.74) is 8.07. The topological polar surface area (TPSA) is 26.0 Å². The van der Waals surface area contributed by atoms with Gasteiger partial charge in [0.15, 0.2) is 0 Å². The van der Waals surface area contributed by atoms with Crippen molar-refractivity contribution in [3.8, 4) is 0 Å². The van der Waals surface area contributed by atoms with Crippen LogP contribution in [0.3, 0.4) is 0 Å². The quantitative estimate of drug-likeness (QED) is 0.474. The molecule has 0 atom stereocenters. The monoisotopic (exact) mass is 227 g/mol. The van der Waals surface area contributed by atoms with Crippen molar-refractivity contribution in [3.05, 3.63) is 23.8 Å². The second-order valence-corrected chi connectivity index (χ2v) is 5.36. The molecule has 3 heteroatoms. The second kappa shape index (κ2) is 6.25. The van der Waals surface area contributed by atoms with E-state index >= 15 is 0 Å². The van der Waals surface area contributed by atoms with Gasteiger partial charge in [-0.05, 0) is 48.8 Å². The van der Waals surface area contributed by atoms with E-state index < -0.39 is 0 Å². The lowest BCUT2D eigenvalue weighted by Gasteiger charge is -2.05. The predicted octanol–water partition coefficient (Wildman–Crippen LogP) is 3.42. The van der Waals surface area contributed by atoms with E-state index in [1.807, 2.05) is 29.6 Å². The standard InChI is InChI=1S/C11H17NS2/c1-9-4-5-10(12)11(8-9)14-7-3-6-13-2/h4-5,8H,3,6-7,12H2,1-2H3. The summed E-state index contributed by atoms with van der Waals surface area (Å²) in [6.07, 6.45) is 3.39. The highest BCUT2D eigenvalue weighted by Crippen LogP contribution is 2.26. The summed E-state index contributed by atoms with van der Waals surface area (Å²) < 4.78 is 0. The molecule has 0 bridgehead atoms. The largest absolute Gasteiger partial charge is 0.398 e. The summed E-state index contributed by atoms with van der Waals surface area (Å²) >= 11 is 3.76. The Morgan fingerprint density at radius 2 is 2.07 bits per heavy atom. The molecular weight excluding hydrogens is 210 g/mol. The van der Waals surface area contributed by atoms with E-state index in [0.29, 0.717) is 0 Å². The molecule has 0 amide bonds. The average molecular weight is 227 g/mol. The van der Waals surface area contributed by atoms with Crippen LogP contribution in [0.1, 0.15) is 12.0 Å². The van der Waals surface area contributed by atoms with Gasteiger partial charge in [0.1, 0.15) is 0 Å². The number of nitrogen functional groups attached to an aromatic ring is 1. The summed E-state index contributed by atoms with van der Waals surface area (Å²) in [6, 6.07) is 6.21. The van der Waals surface area contributed by atoms with Crippen molar-refractivity contribution in [3.63, 3.8) is 0 Å². The maximum Gasteiger partial charge on any atom is 0.0452 e. The lowest BCUT2D eigenvalue weighted by molar-refractivity contribution is 1.12. The molecule has 0 spiro atoms. The lowest BCUT2D eigenvalue weighted by Crippen LogP contribution is -1.90. The average Bonchev–Trinajstić information content (AvgIpc) is 2.18. The first-order chi connectivity index (χ1) is 6.74. The minimum absolute atomic E-state index is 0.907. The third-order valence-electron chi connectivity index (χ3n) is 1.92. The van der Waals surface area contributed by atoms with Crippen LogP contribution in [0.5, 0.6) is 0 Å². The van der Waals surface area contributed by atoms with E-state index in [0.717, 1.165) is 11.4 Å². The molecule has 0 radical (unpaired) electrons. The molecule has 0 aliphatic rings. The molecule has 14 heavy (non-hydrogen) atoms. The SMILES string of the molecule is CSCCCSc1cc(C)ccc1N. The highest BCUT2D eigenvalue weighted by atomic mass is 32.2.